The smallest absolute Gasteiger partial charge is 0.251 e. The first-order chi connectivity index (χ1) is 9.04. The molecule has 0 bridgehead atoms. The zero-order chi connectivity index (χ0) is 14.3. The third kappa shape index (κ3) is 4.99. The monoisotopic (exact) mass is 264 g/mol. The van der Waals surface area contributed by atoms with Crippen LogP contribution in [0.15, 0.2) is 18.2 Å². The zero-order valence-corrected chi connectivity index (χ0v) is 11.3. The molecule has 0 aliphatic rings. The number of nitrogens with one attached hydrogen (secondary N) is 2. The number of hydrogen-bond acceptors (Lipinski definition) is 3. The molecule has 19 heavy (non-hydrogen) atoms. The normalized spacial score (nSPS) is 10.0. The number of amides is 2. The van der Waals surface area contributed by atoms with Crippen LogP contribution in [0.5, 0.6) is 5.75 Å². The van der Waals surface area contributed by atoms with Crippen molar-refractivity contribution >= 4 is 11.8 Å². The van der Waals surface area contributed by atoms with E-state index in [1.165, 1.54) is 12.1 Å². The predicted octanol–water partition coefficient (Wildman–Crippen LogP) is 1.35. The van der Waals surface area contributed by atoms with Gasteiger partial charge in [-0.25, -0.2) is 0 Å². The second-order valence-corrected chi connectivity index (χ2v) is 4.36. The summed E-state index contributed by atoms with van der Waals surface area (Å²) < 4.78 is 0. The third-order valence-corrected chi connectivity index (χ3v) is 2.66. The minimum absolute atomic E-state index is 0.0652. The van der Waals surface area contributed by atoms with E-state index in [0.29, 0.717) is 24.2 Å². The Balaban J connectivity index is 2.41. The van der Waals surface area contributed by atoms with E-state index in [1.807, 2.05) is 6.92 Å². The lowest BCUT2D eigenvalue weighted by molar-refractivity contribution is -0.120. The van der Waals surface area contributed by atoms with Gasteiger partial charge in [-0.3, -0.25) is 9.59 Å². The lowest BCUT2D eigenvalue weighted by atomic mass is 10.1. The topological polar surface area (TPSA) is 78.4 Å². The molecule has 1 rings (SSSR count). The quantitative estimate of drug-likeness (QED) is 0.725. The van der Waals surface area contributed by atoms with Gasteiger partial charge in [0.1, 0.15) is 5.75 Å². The summed E-state index contributed by atoms with van der Waals surface area (Å²) in [6, 6.07) is 4.57. The molecule has 0 spiro atoms. The SMILES string of the molecule is CCCNC(=O)CCNC(=O)c1ccc(O)cc1C. The van der Waals surface area contributed by atoms with Crippen molar-refractivity contribution < 1.29 is 14.7 Å². The highest BCUT2D eigenvalue weighted by molar-refractivity contribution is 5.96. The minimum atomic E-state index is -0.235. The summed E-state index contributed by atoms with van der Waals surface area (Å²) in [5.74, 6) is -0.168. The molecule has 0 aromatic heterocycles. The first kappa shape index (κ1) is 15.0. The summed E-state index contributed by atoms with van der Waals surface area (Å²) in [6.07, 6.45) is 1.16. The molecule has 0 radical (unpaired) electrons. The van der Waals surface area contributed by atoms with Crippen LogP contribution < -0.4 is 10.6 Å². The van der Waals surface area contributed by atoms with Crippen molar-refractivity contribution in [2.45, 2.75) is 26.7 Å². The van der Waals surface area contributed by atoms with E-state index in [0.717, 1.165) is 6.42 Å². The standard InChI is InChI=1S/C14H20N2O3/c1-3-7-15-13(18)6-8-16-14(19)12-5-4-11(17)9-10(12)2/h4-5,9,17H,3,6-8H2,1-2H3,(H,15,18)(H,16,19). The maximum Gasteiger partial charge on any atom is 0.251 e. The van der Waals surface area contributed by atoms with Crippen LogP contribution in [-0.2, 0) is 4.79 Å². The number of phenols is 1. The van der Waals surface area contributed by atoms with Crippen LogP contribution in [0.1, 0.15) is 35.7 Å². The van der Waals surface area contributed by atoms with Crippen LogP contribution in [0.2, 0.25) is 0 Å². The molecule has 0 saturated carbocycles. The second kappa shape index (κ2) is 7.41. The lowest BCUT2D eigenvalue weighted by Gasteiger charge is -2.08. The fourth-order valence-electron chi connectivity index (χ4n) is 1.64. The molecule has 0 unspecified atom stereocenters. The first-order valence-electron chi connectivity index (χ1n) is 6.39. The molecule has 1 aromatic carbocycles. The number of benzene rings is 1. The van der Waals surface area contributed by atoms with E-state index in [-0.39, 0.29) is 24.0 Å². The van der Waals surface area contributed by atoms with Crippen LogP contribution in [-0.4, -0.2) is 30.0 Å². The largest absolute Gasteiger partial charge is 0.508 e. The van der Waals surface area contributed by atoms with Crippen LogP contribution in [0.3, 0.4) is 0 Å². The van der Waals surface area contributed by atoms with Crippen molar-refractivity contribution in [1.29, 1.82) is 0 Å². The van der Waals surface area contributed by atoms with Crippen LogP contribution >= 0.6 is 0 Å². The van der Waals surface area contributed by atoms with E-state index >= 15 is 0 Å². The van der Waals surface area contributed by atoms with Gasteiger partial charge in [0.15, 0.2) is 0 Å². The Hall–Kier alpha value is -2.04. The van der Waals surface area contributed by atoms with Gasteiger partial charge in [0.2, 0.25) is 5.91 Å². The van der Waals surface area contributed by atoms with E-state index in [9.17, 15) is 14.7 Å². The van der Waals surface area contributed by atoms with Gasteiger partial charge < -0.3 is 15.7 Å². The molecule has 0 fully saturated rings. The number of hydrogen-bond donors (Lipinski definition) is 3. The van der Waals surface area contributed by atoms with Crippen molar-refractivity contribution in [3.63, 3.8) is 0 Å². The Kier molecular flexibility index (Phi) is 5.85. The molecular formula is C14H20N2O3. The predicted molar refractivity (Wildman–Crippen MR) is 73.1 cm³/mol. The van der Waals surface area contributed by atoms with Crippen molar-refractivity contribution in [3.8, 4) is 5.75 Å². The highest BCUT2D eigenvalue weighted by atomic mass is 16.3. The highest BCUT2D eigenvalue weighted by Gasteiger charge is 2.09. The van der Waals surface area contributed by atoms with Crippen molar-refractivity contribution in [2.75, 3.05) is 13.1 Å². The van der Waals surface area contributed by atoms with Gasteiger partial charge >= 0.3 is 0 Å². The van der Waals surface area contributed by atoms with Crippen molar-refractivity contribution in [2.24, 2.45) is 0 Å². The van der Waals surface area contributed by atoms with Gasteiger partial charge in [0.05, 0.1) is 0 Å². The van der Waals surface area contributed by atoms with Gasteiger partial charge in [-0.05, 0) is 37.1 Å². The highest BCUT2D eigenvalue weighted by Crippen LogP contribution is 2.15. The summed E-state index contributed by atoms with van der Waals surface area (Å²) in [4.78, 5) is 23.2. The average Bonchev–Trinajstić information content (AvgIpc) is 2.36. The fourth-order valence-corrected chi connectivity index (χ4v) is 1.64. The fraction of sp³-hybridized carbons (Fsp3) is 0.429. The molecule has 0 aliphatic heterocycles. The van der Waals surface area contributed by atoms with Gasteiger partial charge in [0, 0.05) is 25.1 Å². The summed E-state index contributed by atoms with van der Waals surface area (Å²) in [5, 5.41) is 14.7. The molecule has 5 heteroatoms. The molecule has 0 heterocycles. The van der Waals surface area contributed by atoms with Gasteiger partial charge in [-0.2, -0.15) is 0 Å². The molecule has 0 aliphatic carbocycles. The Morgan fingerprint density at radius 1 is 1.21 bits per heavy atom. The molecule has 3 N–H and O–H groups in total. The molecular weight excluding hydrogens is 244 g/mol. The molecule has 0 saturated heterocycles. The first-order valence-corrected chi connectivity index (χ1v) is 6.39. The van der Waals surface area contributed by atoms with Crippen molar-refractivity contribution in [3.05, 3.63) is 29.3 Å². The Morgan fingerprint density at radius 3 is 2.58 bits per heavy atom. The molecule has 2 amide bonds. The van der Waals surface area contributed by atoms with E-state index in [1.54, 1.807) is 13.0 Å². The van der Waals surface area contributed by atoms with E-state index < -0.39 is 0 Å². The summed E-state index contributed by atoms with van der Waals surface area (Å²) in [7, 11) is 0. The maximum absolute atomic E-state index is 11.8. The summed E-state index contributed by atoms with van der Waals surface area (Å²) >= 11 is 0. The molecule has 5 nitrogen and oxygen atoms in total. The van der Waals surface area contributed by atoms with Crippen molar-refractivity contribution in [1.82, 2.24) is 10.6 Å². The lowest BCUT2D eigenvalue weighted by Crippen LogP contribution is -2.31. The number of carbonyl (C=O) groups excluding carboxylic acids is 2. The minimum Gasteiger partial charge on any atom is -0.508 e. The second-order valence-electron chi connectivity index (χ2n) is 4.36. The molecule has 0 atom stereocenters. The summed E-state index contributed by atoms with van der Waals surface area (Å²) in [5.41, 5.74) is 1.21. The third-order valence-electron chi connectivity index (χ3n) is 2.66. The average molecular weight is 264 g/mol. The van der Waals surface area contributed by atoms with Gasteiger partial charge in [-0.15, -0.1) is 0 Å². The summed E-state index contributed by atoms with van der Waals surface area (Å²) in [6.45, 7) is 4.69. The molecule has 1 aromatic rings. The van der Waals surface area contributed by atoms with E-state index in [4.69, 9.17) is 0 Å². The number of carbonyl (C=O) groups is 2. The van der Waals surface area contributed by atoms with Crippen LogP contribution in [0.4, 0.5) is 0 Å². The van der Waals surface area contributed by atoms with Crippen LogP contribution in [0.25, 0.3) is 0 Å². The van der Waals surface area contributed by atoms with Gasteiger partial charge in [-0.1, -0.05) is 6.92 Å². The molecule has 104 valence electrons. The maximum atomic E-state index is 11.8. The Bertz CT molecular complexity index is 458. The number of aromatic hydroxyl groups is 1. The number of rotatable bonds is 6. The van der Waals surface area contributed by atoms with E-state index in [2.05, 4.69) is 10.6 Å². The number of phenolic OH excluding ortho intramolecular Hbond substituents is 1. The Labute approximate surface area is 113 Å². The van der Waals surface area contributed by atoms with Gasteiger partial charge in [0.25, 0.3) is 5.91 Å². The zero-order valence-electron chi connectivity index (χ0n) is 11.3. The number of aryl methyl sites for hydroxylation is 1. The van der Waals surface area contributed by atoms with Crippen LogP contribution in [0, 0.1) is 6.92 Å². The Morgan fingerprint density at radius 2 is 1.95 bits per heavy atom.